The molecule has 21 heavy (non-hydrogen) atoms. The summed E-state index contributed by atoms with van der Waals surface area (Å²) >= 11 is 1.59. The Morgan fingerprint density at radius 1 is 1.29 bits per heavy atom. The highest BCUT2D eigenvalue weighted by atomic mass is 32.1. The van der Waals surface area contributed by atoms with Crippen molar-refractivity contribution in [3.05, 3.63) is 48.5 Å². The largest absolute Gasteiger partial charge is 0.326 e. The fraction of sp³-hybridized carbons (Fsp3) is 0.143. The number of hydrogen-bond acceptors (Lipinski definition) is 5. The van der Waals surface area contributed by atoms with Crippen molar-refractivity contribution in [1.29, 1.82) is 0 Å². The van der Waals surface area contributed by atoms with Gasteiger partial charge in [0.15, 0.2) is 0 Å². The third kappa shape index (κ3) is 3.51. The van der Waals surface area contributed by atoms with E-state index in [0.29, 0.717) is 13.0 Å². The van der Waals surface area contributed by atoms with Gasteiger partial charge in [-0.1, -0.05) is 0 Å². The first kappa shape index (κ1) is 13.4. The maximum atomic E-state index is 11.8. The number of aryl methyl sites for hydroxylation is 1. The van der Waals surface area contributed by atoms with E-state index in [2.05, 4.69) is 20.4 Å². The number of anilines is 1. The van der Waals surface area contributed by atoms with Crippen LogP contribution in [0.2, 0.25) is 0 Å². The zero-order valence-corrected chi connectivity index (χ0v) is 12.0. The van der Waals surface area contributed by atoms with Gasteiger partial charge in [0.2, 0.25) is 5.91 Å². The summed E-state index contributed by atoms with van der Waals surface area (Å²) in [6, 6.07) is 7.66. The molecular weight excluding hydrogens is 286 g/mol. The van der Waals surface area contributed by atoms with E-state index in [1.807, 2.05) is 29.6 Å². The Morgan fingerprint density at radius 3 is 2.81 bits per heavy atom. The first-order valence-corrected chi connectivity index (χ1v) is 7.31. The summed E-state index contributed by atoms with van der Waals surface area (Å²) in [6.45, 7) is 0.517. The van der Waals surface area contributed by atoms with Crippen LogP contribution < -0.4 is 5.32 Å². The highest BCUT2D eigenvalue weighted by Gasteiger charge is 2.04. The fourth-order valence-corrected chi connectivity index (χ4v) is 2.49. The lowest BCUT2D eigenvalue weighted by Gasteiger charge is -2.06. The maximum absolute atomic E-state index is 11.8. The van der Waals surface area contributed by atoms with Crippen molar-refractivity contribution in [2.75, 3.05) is 5.32 Å². The Bertz CT molecular complexity index is 692. The maximum Gasteiger partial charge on any atom is 0.226 e. The first-order valence-electron chi connectivity index (χ1n) is 6.43. The van der Waals surface area contributed by atoms with Crippen molar-refractivity contribution in [1.82, 2.24) is 19.7 Å². The molecule has 1 aromatic carbocycles. The van der Waals surface area contributed by atoms with Crippen LogP contribution in [-0.4, -0.2) is 25.7 Å². The summed E-state index contributed by atoms with van der Waals surface area (Å²) in [5, 5.41) is 9.73. The number of nitrogens with zero attached hydrogens (tertiary/aromatic N) is 4. The van der Waals surface area contributed by atoms with Crippen molar-refractivity contribution in [3.63, 3.8) is 0 Å². The smallest absolute Gasteiger partial charge is 0.226 e. The number of hydrogen-bond donors (Lipinski definition) is 1. The average molecular weight is 299 g/mol. The SMILES string of the molecule is O=C(CCn1cncn1)Nc1ccc(-c2nccs2)cc1. The predicted molar refractivity (Wildman–Crippen MR) is 80.8 cm³/mol. The van der Waals surface area contributed by atoms with E-state index in [1.54, 1.807) is 28.5 Å². The van der Waals surface area contributed by atoms with E-state index in [-0.39, 0.29) is 5.91 Å². The Morgan fingerprint density at radius 2 is 2.14 bits per heavy atom. The molecule has 1 N–H and O–H groups in total. The second-order valence-corrected chi connectivity index (χ2v) is 5.27. The third-order valence-electron chi connectivity index (χ3n) is 2.88. The predicted octanol–water partition coefficient (Wildman–Crippen LogP) is 2.43. The Kier molecular flexibility index (Phi) is 4.02. The summed E-state index contributed by atoms with van der Waals surface area (Å²) < 4.78 is 1.63. The molecule has 1 amide bonds. The van der Waals surface area contributed by atoms with E-state index in [9.17, 15) is 4.79 Å². The first-order chi connectivity index (χ1) is 10.3. The molecule has 2 aromatic heterocycles. The van der Waals surface area contributed by atoms with Gasteiger partial charge in [-0.3, -0.25) is 9.48 Å². The standard InChI is InChI=1S/C14H13N5OS/c20-13(5-7-19-10-15-9-17-19)18-12-3-1-11(2-4-12)14-16-6-8-21-14/h1-4,6,8-10H,5,7H2,(H,18,20). The molecule has 0 aliphatic heterocycles. The highest BCUT2D eigenvalue weighted by Crippen LogP contribution is 2.23. The van der Waals surface area contributed by atoms with Crippen LogP contribution in [0.1, 0.15) is 6.42 Å². The average Bonchev–Trinajstić information content (AvgIpc) is 3.19. The van der Waals surface area contributed by atoms with Gasteiger partial charge in [0.25, 0.3) is 0 Å². The molecule has 0 unspecified atom stereocenters. The molecule has 7 heteroatoms. The quantitative estimate of drug-likeness (QED) is 0.785. The zero-order chi connectivity index (χ0) is 14.5. The second kappa shape index (κ2) is 6.27. The van der Waals surface area contributed by atoms with Gasteiger partial charge in [-0.15, -0.1) is 11.3 Å². The number of carbonyl (C=O) groups excluding carboxylic acids is 1. The highest BCUT2D eigenvalue weighted by molar-refractivity contribution is 7.13. The number of carbonyl (C=O) groups is 1. The number of thiazole rings is 1. The summed E-state index contributed by atoms with van der Waals surface area (Å²) in [7, 11) is 0. The lowest BCUT2D eigenvalue weighted by Crippen LogP contribution is -2.14. The van der Waals surface area contributed by atoms with E-state index in [1.165, 1.54) is 6.33 Å². The molecule has 0 saturated heterocycles. The molecule has 3 rings (SSSR count). The summed E-state index contributed by atoms with van der Waals surface area (Å²) in [5.41, 5.74) is 1.82. The van der Waals surface area contributed by atoms with Crippen molar-refractivity contribution in [3.8, 4) is 10.6 Å². The molecule has 2 heterocycles. The topological polar surface area (TPSA) is 72.7 Å². The summed E-state index contributed by atoms with van der Waals surface area (Å²) in [6.07, 6.45) is 5.18. The van der Waals surface area contributed by atoms with Crippen LogP contribution in [0.25, 0.3) is 10.6 Å². The van der Waals surface area contributed by atoms with E-state index >= 15 is 0 Å². The van der Waals surface area contributed by atoms with Gasteiger partial charge >= 0.3 is 0 Å². The van der Waals surface area contributed by atoms with Gasteiger partial charge in [-0.25, -0.2) is 9.97 Å². The van der Waals surface area contributed by atoms with Crippen molar-refractivity contribution in [2.45, 2.75) is 13.0 Å². The molecule has 0 spiro atoms. The Hall–Kier alpha value is -2.54. The minimum Gasteiger partial charge on any atom is -0.326 e. The minimum atomic E-state index is -0.0486. The van der Waals surface area contributed by atoms with Crippen LogP contribution in [0, 0.1) is 0 Å². The van der Waals surface area contributed by atoms with Crippen LogP contribution in [0.5, 0.6) is 0 Å². The van der Waals surface area contributed by atoms with Crippen LogP contribution in [0.4, 0.5) is 5.69 Å². The summed E-state index contributed by atoms with van der Waals surface area (Å²) in [5.74, 6) is -0.0486. The Balaban J connectivity index is 1.56. The third-order valence-corrected chi connectivity index (χ3v) is 3.70. The van der Waals surface area contributed by atoms with Crippen LogP contribution in [-0.2, 0) is 11.3 Å². The number of benzene rings is 1. The minimum absolute atomic E-state index is 0.0486. The molecular formula is C14H13N5OS. The molecule has 3 aromatic rings. The molecule has 0 atom stereocenters. The molecule has 0 aliphatic carbocycles. The number of aromatic nitrogens is 4. The lowest BCUT2D eigenvalue weighted by molar-refractivity contribution is -0.116. The number of amides is 1. The van der Waals surface area contributed by atoms with Crippen molar-refractivity contribution < 1.29 is 4.79 Å². The lowest BCUT2D eigenvalue weighted by atomic mass is 10.2. The van der Waals surface area contributed by atoms with Gasteiger partial charge in [0.1, 0.15) is 17.7 Å². The molecule has 0 saturated carbocycles. The molecule has 106 valence electrons. The normalized spacial score (nSPS) is 10.5. The number of rotatable bonds is 5. The zero-order valence-electron chi connectivity index (χ0n) is 11.1. The molecule has 6 nitrogen and oxygen atoms in total. The van der Waals surface area contributed by atoms with Gasteiger partial charge in [0, 0.05) is 29.2 Å². The second-order valence-electron chi connectivity index (χ2n) is 4.37. The van der Waals surface area contributed by atoms with E-state index in [4.69, 9.17) is 0 Å². The van der Waals surface area contributed by atoms with Crippen molar-refractivity contribution >= 4 is 22.9 Å². The van der Waals surface area contributed by atoms with Crippen LogP contribution >= 0.6 is 11.3 Å². The van der Waals surface area contributed by atoms with Crippen LogP contribution in [0.3, 0.4) is 0 Å². The van der Waals surface area contributed by atoms with Gasteiger partial charge < -0.3 is 5.32 Å². The molecule has 0 fully saturated rings. The van der Waals surface area contributed by atoms with E-state index < -0.39 is 0 Å². The molecule has 0 bridgehead atoms. The summed E-state index contributed by atoms with van der Waals surface area (Å²) in [4.78, 5) is 19.9. The molecule has 0 radical (unpaired) electrons. The fourth-order valence-electron chi connectivity index (χ4n) is 1.85. The monoisotopic (exact) mass is 299 g/mol. The number of nitrogens with one attached hydrogen (secondary N) is 1. The van der Waals surface area contributed by atoms with E-state index in [0.717, 1.165) is 16.3 Å². The van der Waals surface area contributed by atoms with Gasteiger partial charge in [-0.2, -0.15) is 5.10 Å². The van der Waals surface area contributed by atoms with Crippen molar-refractivity contribution in [2.24, 2.45) is 0 Å². The van der Waals surface area contributed by atoms with Crippen LogP contribution in [0.15, 0.2) is 48.5 Å². The molecule has 0 aliphatic rings. The Labute approximate surface area is 125 Å². The van der Waals surface area contributed by atoms with Gasteiger partial charge in [-0.05, 0) is 24.3 Å². The van der Waals surface area contributed by atoms with Gasteiger partial charge in [0.05, 0.1) is 6.54 Å².